The van der Waals surface area contributed by atoms with Gasteiger partial charge in [0.05, 0.1) is 12.2 Å². The van der Waals surface area contributed by atoms with Gasteiger partial charge in [-0.25, -0.2) is 4.79 Å². The molecule has 0 heterocycles. The van der Waals surface area contributed by atoms with E-state index in [-0.39, 0.29) is 17.1 Å². The molecular formula is C11H14O4. The zero-order chi connectivity index (χ0) is 11.3. The number of hydrogen-bond donors (Lipinski definition) is 2. The van der Waals surface area contributed by atoms with Gasteiger partial charge in [0, 0.05) is 0 Å². The molecule has 0 bridgehead atoms. The fraction of sp³-hybridized carbons (Fsp3) is 0.364. The van der Waals surface area contributed by atoms with Crippen LogP contribution in [-0.4, -0.2) is 22.8 Å². The van der Waals surface area contributed by atoms with E-state index in [2.05, 4.69) is 0 Å². The summed E-state index contributed by atoms with van der Waals surface area (Å²) in [5.41, 5.74) is 0.110. The van der Waals surface area contributed by atoms with Gasteiger partial charge in [0.1, 0.15) is 0 Å². The van der Waals surface area contributed by atoms with Gasteiger partial charge in [-0.1, -0.05) is 13.3 Å². The van der Waals surface area contributed by atoms with Crippen molar-refractivity contribution in [3.8, 4) is 11.5 Å². The molecule has 82 valence electrons. The van der Waals surface area contributed by atoms with Gasteiger partial charge in [0.15, 0.2) is 11.5 Å². The molecule has 0 saturated carbocycles. The summed E-state index contributed by atoms with van der Waals surface area (Å²) in [4.78, 5) is 10.7. The normalized spacial score (nSPS) is 9.93. The molecule has 4 nitrogen and oxygen atoms in total. The van der Waals surface area contributed by atoms with Crippen LogP contribution in [0.4, 0.5) is 0 Å². The maximum atomic E-state index is 10.7. The quantitative estimate of drug-likeness (QED) is 0.731. The Hall–Kier alpha value is -1.71. The van der Waals surface area contributed by atoms with Crippen molar-refractivity contribution in [2.45, 2.75) is 19.8 Å². The van der Waals surface area contributed by atoms with Crippen molar-refractivity contribution in [3.63, 3.8) is 0 Å². The maximum absolute atomic E-state index is 10.7. The van der Waals surface area contributed by atoms with Crippen molar-refractivity contribution in [2.75, 3.05) is 6.61 Å². The predicted octanol–water partition coefficient (Wildman–Crippen LogP) is 2.27. The lowest BCUT2D eigenvalue weighted by Gasteiger charge is -2.07. The maximum Gasteiger partial charge on any atom is 0.335 e. The molecule has 0 aliphatic rings. The van der Waals surface area contributed by atoms with Crippen LogP contribution >= 0.6 is 0 Å². The molecule has 1 aromatic rings. The Morgan fingerprint density at radius 1 is 1.47 bits per heavy atom. The third kappa shape index (κ3) is 3.16. The van der Waals surface area contributed by atoms with Crippen LogP contribution in [0.5, 0.6) is 11.5 Å². The first-order valence-corrected chi connectivity index (χ1v) is 4.84. The number of unbranched alkanes of at least 4 members (excludes halogenated alkanes) is 1. The zero-order valence-corrected chi connectivity index (χ0v) is 8.56. The van der Waals surface area contributed by atoms with Crippen LogP contribution in [0.3, 0.4) is 0 Å². The summed E-state index contributed by atoms with van der Waals surface area (Å²) in [7, 11) is 0. The molecule has 4 heteroatoms. The minimum absolute atomic E-state index is 0.0314. The van der Waals surface area contributed by atoms with E-state index in [0.29, 0.717) is 6.61 Å². The average molecular weight is 210 g/mol. The minimum atomic E-state index is -1.03. The van der Waals surface area contributed by atoms with Crippen molar-refractivity contribution < 1.29 is 19.7 Å². The lowest BCUT2D eigenvalue weighted by Crippen LogP contribution is -2.00. The summed E-state index contributed by atoms with van der Waals surface area (Å²) in [6.45, 7) is 2.50. The standard InChI is InChI=1S/C11H14O4/c1-2-3-6-15-10-7-8(11(13)14)4-5-9(10)12/h4-5,7,12H,2-3,6H2,1H3,(H,13,14). The van der Waals surface area contributed by atoms with Crippen LogP contribution in [-0.2, 0) is 0 Å². The van der Waals surface area contributed by atoms with Crippen molar-refractivity contribution in [2.24, 2.45) is 0 Å². The minimum Gasteiger partial charge on any atom is -0.504 e. The van der Waals surface area contributed by atoms with E-state index in [4.69, 9.17) is 9.84 Å². The average Bonchev–Trinajstić information content (AvgIpc) is 2.20. The highest BCUT2D eigenvalue weighted by Crippen LogP contribution is 2.26. The largest absolute Gasteiger partial charge is 0.504 e. The van der Waals surface area contributed by atoms with Gasteiger partial charge in [-0.05, 0) is 24.6 Å². The number of carboxylic acids is 1. The number of aromatic carboxylic acids is 1. The topological polar surface area (TPSA) is 66.8 Å². The van der Waals surface area contributed by atoms with Crippen LogP contribution in [0, 0.1) is 0 Å². The van der Waals surface area contributed by atoms with Gasteiger partial charge in [-0.3, -0.25) is 0 Å². The van der Waals surface area contributed by atoms with Gasteiger partial charge in [-0.2, -0.15) is 0 Å². The molecule has 0 radical (unpaired) electrons. The van der Waals surface area contributed by atoms with E-state index in [0.717, 1.165) is 12.8 Å². The predicted molar refractivity (Wildman–Crippen MR) is 55.5 cm³/mol. The second-order valence-corrected chi connectivity index (χ2v) is 3.19. The first kappa shape index (κ1) is 11.4. The van der Waals surface area contributed by atoms with Gasteiger partial charge < -0.3 is 14.9 Å². The number of phenols is 1. The molecule has 0 fully saturated rings. The van der Waals surface area contributed by atoms with E-state index in [1.165, 1.54) is 18.2 Å². The summed E-state index contributed by atoms with van der Waals surface area (Å²) < 4.78 is 5.25. The number of carbonyl (C=O) groups is 1. The molecule has 1 aromatic carbocycles. The molecule has 1 rings (SSSR count). The second-order valence-electron chi connectivity index (χ2n) is 3.19. The summed E-state index contributed by atoms with van der Waals surface area (Å²) in [6, 6.07) is 3.99. The van der Waals surface area contributed by atoms with Gasteiger partial charge in [-0.15, -0.1) is 0 Å². The van der Waals surface area contributed by atoms with E-state index >= 15 is 0 Å². The fourth-order valence-corrected chi connectivity index (χ4v) is 1.09. The van der Waals surface area contributed by atoms with Crippen molar-refractivity contribution in [3.05, 3.63) is 23.8 Å². The molecule has 0 aromatic heterocycles. The first-order chi connectivity index (χ1) is 7.15. The Morgan fingerprint density at radius 2 is 2.20 bits per heavy atom. The van der Waals surface area contributed by atoms with Gasteiger partial charge in [0.25, 0.3) is 0 Å². The molecule has 0 unspecified atom stereocenters. The fourth-order valence-electron chi connectivity index (χ4n) is 1.09. The number of carboxylic acid groups (broad SMARTS) is 1. The number of benzene rings is 1. The first-order valence-electron chi connectivity index (χ1n) is 4.84. The number of hydrogen-bond acceptors (Lipinski definition) is 3. The third-order valence-corrected chi connectivity index (χ3v) is 1.96. The second kappa shape index (κ2) is 5.24. The summed E-state index contributed by atoms with van der Waals surface area (Å²) in [5, 5.41) is 18.1. The number of ether oxygens (including phenoxy) is 1. The third-order valence-electron chi connectivity index (χ3n) is 1.96. The Bertz CT molecular complexity index is 346. The Morgan fingerprint density at radius 3 is 2.80 bits per heavy atom. The molecule has 0 aliphatic heterocycles. The molecule has 0 saturated heterocycles. The van der Waals surface area contributed by atoms with Crippen LogP contribution in [0.2, 0.25) is 0 Å². The van der Waals surface area contributed by atoms with Crippen LogP contribution in [0.25, 0.3) is 0 Å². The van der Waals surface area contributed by atoms with E-state index in [1.807, 2.05) is 6.92 Å². The smallest absolute Gasteiger partial charge is 0.335 e. The molecule has 0 aliphatic carbocycles. The summed E-state index contributed by atoms with van der Waals surface area (Å²) >= 11 is 0. The van der Waals surface area contributed by atoms with Crippen LogP contribution < -0.4 is 4.74 Å². The zero-order valence-electron chi connectivity index (χ0n) is 8.56. The SMILES string of the molecule is CCCCOc1cc(C(=O)O)ccc1O. The van der Waals surface area contributed by atoms with Crippen molar-refractivity contribution >= 4 is 5.97 Å². The van der Waals surface area contributed by atoms with Crippen molar-refractivity contribution in [1.29, 1.82) is 0 Å². The van der Waals surface area contributed by atoms with Crippen molar-refractivity contribution in [1.82, 2.24) is 0 Å². The van der Waals surface area contributed by atoms with Gasteiger partial charge in [0.2, 0.25) is 0 Å². The molecular weight excluding hydrogens is 196 g/mol. The Labute approximate surface area is 88.1 Å². The number of rotatable bonds is 5. The molecule has 0 spiro atoms. The molecule has 15 heavy (non-hydrogen) atoms. The summed E-state index contributed by atoms with van der Waals surface area (Å²) in [5.74, 6) is -0.838. The Balaban J connectivity index is 2.76. The molecule has 2 N–H and O–H groups in total. The highest BCUT2D eigenvalue weighted by molar-refractivity contribution is 5.88. The summed E-state index contributed by atoms with van der Waals surface area (Å²) in [6.07, 6.45) is 1.86. The Kier molecular flexibility index (Phi) is 3.97. The van der Waals surface area contributed by atoms with E-state index < -0.39 is 5.97 Å². The van der Waals surface area contributed by atoms with E-state index in [1.54, 1.807) is 0 Å². The molecule has 0 atom stereocenters. The lowest BCUT2D eigenvalue weighted by molar-refractivity contribution is 0.0696. The monoisotopic (exact) mass is 210 g/mol. The number of phenolic OH excluding ortho intramolecular Hbond substituents is 1. The molecule has 0 amide bonds. The van der Waals surface area contributed by atoms with Crippen LogP contribution in [0.15, 0.2) is 18.2 Å². The highest BCUT2D eigenvalue weighted by atomic mass is 16.5. The number of aromatic hydroxyl groups is 1. The van der Waals surface area contributed by atoms with E-state index in [9.17, 15) is 9.90 Å². The van der Waals surface area contributed by atoms with Gasteiger partial charge >= 0.3 is 5.97 Å². The highest BCUT2D eigenvalue weighted by Gasteiger charge is 2.08. The lowest BCUT2D eigenvalue weighted by atomic mass is 10.2. The van der Waals surface area contributed by atoms with Crippen LogP contribution in [0.1, 0.15) is 30.1 Å².